The second-order valence-electron chi connectivity index (χ2n) is 3.18. The highest BCUT2D eigenvalue weighted by Crippen LogP contribution is 2.15. The first-order valence-electron chi connectivity index (χ1n) is 4.50. The van der Waals surface area contributed by atoms with Crippen LogP contribution in [0.1, 0.15) is 57.8 Å². The van der Waals surface area contributed by atoms with Gasteiger partial charge in [0, 0.05) is 0 Å². The van der Waals surface area contributed by atoms with Gasteiger partial charge in [-0.3, -0.25) is 0 Å². The minimum atomic E-state index is 0. The first-order valence-corrected chi connectivity index (χ1v) is 4.50. The maximum absolute atomic E-state index is 1.50. The van der Waals surface area contributed by atoms with E-state index in [1.807, 2.05) is 0 Å². The summed E-state index contributed by atoms with van der Waals surface area (Å²) in [4.78, 5) is 0. The standard InChI is InChI=1S/C6H12.C3H6.2H3N/c1-2-4-6-5-3-1;1-2-3-1;;/h1-6H2;1-3H2;2*1H3. The van der Waals surface area contributed by atoms with Crippen LogP contribution in [0, 0.1) is 0 Å². The number of hydrogen-bond acceptors (Lipinski definition) is 2. The van der Waals surface area contributed by atoms with Crippen LogP contribution >= 0.6 is 0 Å². The summed E-state index contributed by atoms with van der Waals surface area (Å²) in [6.45, 7) is 0. The molecule has 0 aromatic carbocycles. The minimum Gasteiger partial charge on any atom is -0.344 e. The summed E-state index contributed by atoms with van der Waals surface area (Å²) in [6.07, 6.45) is 13.5. The van der Waals surface area contributed by atoms with Crippen LogP contribution in [0.3, 0.4) is 0 Å². The predicted octanol–water partition coefficient (Wildman–Crippen LogP) is 3.83. The molecule has 6 N–H and O–H groups in total. The highest BCUT2D eigenvalue weighted by molar-refractivity contribution is 4.51. The molecule has 0 atom stereocenters. The van der Waals surface area contributed by atoms with Crippen LogP contribution in [0.25, 0.3) is 0 Å². The normalized spacial score (nSPS) is 19.6. The zero-order chi connectivity index (χ0) is 6.36. The third-order valence-electron chi connectivity index (χ3n) is 1.85. The van der Waals surface area contributed by atoms with E-state index in [1.54, 1.807) is 0 Å². The zero-order valence-electron chi connectivity index (χ0n) is 7.78. The van der Waals surface area contributed by atoms with Gasteiger partial charge in [0.05, 0.1) is 0 Å². The molecule has 11 heavy (non-hydrogen) atoms. The van der Waals surface area contributed by atoms with Crippen molar-refractivity contribution in [1.82, 2.24) is 12.3 Å². The third-order valence-corrected chi connectivity index (χ3v) is 1.85. The molecule has 2 heteroatoms. The fraction of sp³-hybridized carbons (Fsp3) is 1.00. The average molecular weight is 160 g/mol. The monoisotopic (exact) mass is 160 g/mol. The summed E-state index contributed by atoms with van der Waals surface area (Å²) in [5.74, 6) is 0. The molecule has 0 amide bonds. The Morgan fingerprint density at radius 3 is 0.455 bits per heavy atom. The maximum Gasteiger partial charge on any atom is -0.0533 e. The molecular formula is C9H24N2. The summed E-state index contributed by atoms with van der Waals surface area (Å²) in [6, 6.07) is 0. The van der Waals surface area contributed by atoms with Gasteiger partial charge in [-0.2, -0.15) is 0 Å². The summed E-state index contributed by atoms with van der Waals surface area (Å²) in [7, 11) is 0. The van der Waals surface area contributed by atoms with Gasteiger partial charge in [0.1, 0.15) is 0 Å². The Balaban J connectivity index is 0. The van der Waals surface area contributed by atoms with E-state index >= 15 is 0 Å². The SMILES string of the molecule is C1CC1.C1CCCCC1.N.N. The van der Waals surface area contributed by atoms with Crippen LogP contribution in [0.2, 0.25) is 0 Å². The average Bonchev–Trinajstić information content (AvgIpc) is 2.76. The lowest BCUT2D eigenvalue weighted by Gasteiger charge is -2.05. The van der Waals surface area contributed by atoms with Crippen LogP contribution in [0.15, 0.2) is 0 Å². The van der Waals surface area contributed by atoms with Crippen molar-refractivity contribution in [1.29, 1.82) is 0 Å². The molecule has 2 rings (SSSR count). The van der Waals surface area contributed by atoms with Crippen molar-refractivity contribution in [3.63, 3.8) is 0 Å². The van der Waals surface area contributed by atoms with Gasteiger partial charge in [0.25, 0.3) is 0 Å². The molecule has 0 bridgehead atoms. The fourth-order valence-corrected chi connectivity index (χ4v) is 1.06. The summed E-state index contributed by atoms with van der Waals surface area (Å²) in [5.41, 5.74) is 0. The molecule has 2 nitrogen and oxygen atoms in total. The molecule has 2 fully saturated rings. The predicted molar refractivity (Wildman–Crippen MR) is 51.6 cm³/mol. The molecule has 0 radical (unpaired) electrons. The Morgan fingerprint density at radius 2 is 0.364 bits per heavy atom. The number of rotatable bonds is 0. The molecule has 0 aliphatic heterocycles. The van der Waals surface area contributed by atoms with Gasteiger partial charge in [-0.1, -0.05) is 57.8 Å². The topological polar surface area (TPSA) is 70.0 Å². The molecular weight excluding hydrogens is 136 g/mol. The van der Waals surface area contributed by atoms with E-state index in [9.17, 15) is 0 Å². The van der Waals surface area contributed by atoms with Crippen LogP contribution in [0.4, 0.5) is 0 Å². The molecule has 0 saturated heterocycles. The largest absolute Gasteiger partial charge is 0.344 e. The van der Waals surface area contributed by atoms with Crippen LogP contribution < -0.4 is 12.3 Å². The van der Waals surface area contributed by atoms with Crippen LogP contribution in [-0.2, 0) is 0 Å². The van der Waals surface area contributed by atoms with E-state index in [4.69, 9.17) is 0 Å². The lowest BCUT2D eigenvalue weighted by Crippen LogP contribution is -1.85. The van der Waals surface area contributed by atoms with Crippen molar-refractivity contribution in [2.75, 3.05) is 0 Å². The summed E-state index contributed by atoms with van der Waals surface area (Å²) in [5, 5.41) is 0. The molecule has 0 heterocycles. The van der Waals surface area contributed by atoms with Gasteiger partial charge in [-0.05, 0) is 0 Å². The third kappa shape index (κ3) is 13.0. The van der Waals surface area contributed by atoms with Crippen molar-refractivity contribution >= 4 is 0 Å². The van der Waals surface area contributed by atoms with Crippen molar-refractivity contribution in [3.8, 4) is 0 Å². The van der Waals surface area contributed by atoms with E-state index in [2.05, 4.69) is 0 Å². The van der Waals surface area contributed by atoms with E-state index in [1.165, 1.54) is 57.8 Å². The first kappa shape index (κ1) is 13.5. The molecule has 0 spiro atoms. The quantitative estimate of drug-likeness (QED) is 0.565. The van der Waals surface area contributed by atoms with E-state index in [-0.39, 0.29) is 12.3 Å². The Labute approximate surface area is 70.9 Å². The van der Waals surface area contributed by atoms with Gasteiger partial charge in [0.2, 0.25) is 0 Å². The first-order chi connectivity index (χ1) is 4.50. The number of hydrogen-bond donors (Lipinski definition) is 2. The summed E-state index contributed by atoms with van der Waals surface area (Å²) >= 11 is 0. The lowest BCUT2D eigenvalue weighted by molar-refractivity contribution is 0.504. The molecule has 0 unspecified atom stereocenters. The van der Waals surface area contributed by atoms with Crippen molar-refractivity contribution in [2.45, 2.75) is 57.8 Å². The fourth-order valence-electron chi connectivity index (χ4n) is 1.06. The second-order valence-corrected chi connectivity index (χ2v) is 3.18. The van der Waals surface area contributed by atoms with Gasteiger partial charge in [0.15, 0.2) is 0 Å². The molecule has 0 aromatic heterocycles. The Kier molecular flexibility index (Phi) is 12.2. The minimum absolute atomic E-state index is 0. The van der Waals surface area contributed by atoms with Crippen LogP contribution in [-0.4, -0.2) is 0 Å². The summed E-state index contributed by atoms with van der Waals surface area (Å²) < 4.78 is 0. The van der Waals surface area contributed by atoms with Crippen molar-refractivity contribution < 1.29 is 0 Å². The van der Waals surface area contributed by atoms with Crippen LogP contribution in [0.5, 0.6) is 0 Å². The van der Waals surface area contributed by atoms with E-state index in [0.29, 0.717) is 0 Å². The highest BCUT2D eigenvalue weighted by Gasteiger charge is 1.95. The smallest absolute Gasteiger partial charge is 0.0533 e. The molecule has 0 aromatic rings. The lowest BCUT2D eigenvalue weighted by atomic mass is 10.0. The Hall–Kier alpha value is -0.0800. The Morgan fingerprint density at radius 1 is 0.273 bits per heavy atom. The van der Waals surface area contributed by atoms with Crippen molar-refractivity contribution in [3.05, 3.63) is 0 Å². The maximum atomic E-state index is 1.50. The van der Waals surface area contributed by atoms with E-state index < -0.39 is 0 Å². The molecule has 70 valence electrons. The molecule has 2 aliphatic rings. The van der Waals surface area contributed by atoms with Gasteiger partial charge in [-0.25, -0.2) is 0 Å². The van der Waals surface area contributed by atoms with Gasteiger partial charge >= 0.3 is 0 Å². The highest BCUT2D eigenvalue weighted by atomic mass is 14.0. The zero-order valence-corrected chi connectivity index (χ0v) is 7.78. The van der Waals surface area contributed by atoms with E-state index in [0.717, 1.165) is 0 Å². The van der Waals surface area contributed by atoms with Crippen molar-refractivity contribution in [2.24, 2.45) is 0 Å². The second kappa shape index (κ2) is 9.92. The Bertz CT molecular complexity index is 44.3. The van der Waals surface area contributed by atoms with Gasteiger partial charge in [-0.15, -0.1) is 0 Å². The van der Waals surface area contributed by atoms with Gasteiger partial charge < -0.3 is 12.3 Å². The molecule has 2 aliphatic carbocycles. The molecule has 2 saturated carbocycles.